The molecule has 1 saturated heterocycles. The number of nitrogens with zero attached hydrogens (tertiary/aromatic N) is 1. The molecule has 22 heavy (non-hydrogen) atoms. The van der Waals surface area contributed by atoms with E-state index in [0.717, 1.165) is 45.1 Å². The molecule has 0 aromatic heterocycles. The van der Waals surface area contributed by atoms with E-state index < -0.39 is 0 Å². The molecule has 2 fully saturated rings. The molecule has 2 amide bonds. The van der Waals surface area contributed by atoms with Crippen molar-refractivity contribution in [3.8, 4) is 0 Å². The van der Waals surface area contributed by atoms with E-state index in [1.54, 1.807) is 0 Å². The number of carbonyl (C=O) groups excluding carboxylic acids is 2. The normalized spacial score (nSPS) is 26.7. The van der Waals surface area contributed by atoms with Crippen molar-refractivity contribution in [3.63, 3.8) is 0 Å². The molecule has 1 aliphatic carbocycles. The van der Waals surface area contributed by atoms with Crippen molar-refractivity contribution in [2.45, 2.75) is 64.3 Å². The molecule has 2 unspecified atom stereocenters. The van der Waals surface area contributed by atoms with Gasteiger partial charge in [0, 0.05) is 38.0 Å². The lowest BCUT2D eigenvalue weighted by atomic mass is 9.88. The van der Waals surface area contributed by atoms with Gasteiger partial charge in [-0.05, 0) is 31.6 Å². The van der Waals surface area contributed by atoms with Crippen LogP contribution in [-0.2, 0) is 9.59 Å². The van der Waals surface area contributed by atoms with Crippen molar-refractivity contribution in [2.24, 2.45) is 17.6 Å². The second-order valence-electron chi connectivity index (χ2n) is 6.98. The zero-order valence-electron chi connectivity index (χ0n) is 13.9. The average Bonchev–Trinajstić information content (AvgIpc) is 2.55. The van der Waals surface area contributed by atoms with Gasteiger partial charge < -0.3 is 16.0 Å². The van der Waals surface area contributed by atoms with Crippen molar-refractivity contribution in [1.29, 1.82) is 0 Å². The van der Waals surface area contributed by atoms with Crippen LogP contribution in [0.1, 0.15) is 58.3 Å². The second kappa shape index (κ2) is 8.51. The molecule has 0 aromatic rings. The van der Waals surface area contributed by atoms with Gasteiger partial charge in [0.25, 0.3) is 0 Å². The summed E-state index contributed by atoms with van der Waals surface area (Å²) >= 11 is 0. The minimum atomic E-state index is 0.131. The van der Waals surface area contributed by atoms with Gasteiger partial charge in [-0.25, -0.2) is 0 Å². The monoisotopic (exact) mass is 309 g/mol. The zero-order valence-corrected chi connectivity index (χ0v) is 13.9. The van der Waals surface area contributed by atoms with E-state index in [0.29, 0.717) is 25.4 Å². The molecule has 5 heteroatoms. The Labute approximate surface area is 134 Å². The van der Waals surface area contributed by atoms with Crippen molar-refractivity contribution >= 4 is 11.8 Å². The van der Waals surface area contributed by atoms with E-state index in [1.807, 2.05) is 4.90 Å². The van der Waals surface area contributed by atoms with E-state index in [-0.39, 0.29) is 23.8 Å². The van der Waals surface area contributed by atoms with Gasteiger partial charge in [0.1, 0.15) is 0 Å². The zero-order chi connectivity index (χ0) is 15.9. The summed E-state index contributed by atoms with van der Waals surface area (Å²) in [6.45, 7) is 4.01. The van der Waals surface area contributed by atoms with Crippen molar-refractivity contribution < 1.29 is 9.59 Å². The van der Waals surface area contributed by atoms with Gasteiger partial charge in [0.05, 0.1) is 0 Å². The third-order valence-electron chi connectivity index (χ3n) is 5.18. The smallest absolute Gasteiger partial charge is 0.224 e. The topological polar surface area (TPSA) is 75.4 Å². The number of carbonyl (C=O) groups is 2. The molecule has 1 heterocycles. The summed E-state index contributed by atoms with van der Waals surface area (Å²) in [5, 5.41) is 2.95. The van der Waals surface area contributed by atoms with Crippen molar-refractivity contribution in [1.82, 2.24) is 10.2 Å². The summed E-state index contributed by atoms with van der Waals surface area (Å²) < 4.78 is 0. The number of amides is 2. The largest absolute Gasteiger partial charge is 0.355 e. The molecular weight excluding hydrogens is 278 g/mol. The highest BCUT2D eigenvalue weighted by Gasteiger charge is 2.28. The lowest BCUT2D eigenvalue weighted by molar-refractivity contribution is -0.135. The Hall–Kier alpha value is -1.10. The predicted molar refractivity (Wildman–Crippen MR) is 87.2 cm³/mol. The molecule has 0 spiro atoms. The van der Waals surface area contributed by atoms with Gasteiger partial charge in [0.2, 0.25) is 11.8 Å². The number of rotatable bonds is 5. The Morgan fingerprint density at radius 1 is 1.18 bits per heavy atom. The number of hydrogen-bond acceptors (Lipinski definition) is 3. The van der Waals surface area contributed by atoms with Gasteiger partial charge in [-0.3, -0.25) is 9.59 Å². The second-order valence-corrected chi connectivity index (χ2v) is 6.98. The third-order valence-corrected chi connectivity index (χ3v) is 5.18. The molecule has 2 rings (SSSR count). The first-order chi connectivity index (χ1) is 10.6. The summed E-state index contributed by atoms with van der Waals surface area (Å²) in [6, 6.07) is 0.172. The van der Waals surface area contributed by atoms with Crippen LogP contribution in [0.5, 0.6) is 0 Å². The van der Waals surface area contributed by atoms with Crippen molar-refractivity contribution in [2.75, 3.05) is 19.6 Å². The van der Waals surface area contributed by atoms with Crippen LogP contribution in [0.4, 0.5) is 0 Å². The van der Waals surface area contributed by atoms with Crippen LogP contribution in [-0.4, -0.2) is 42.4 Å². The van der Waals surface area contributed by atoms with Gasteiger partial charge in [-0.15, -0.1) is 0 Å². The van der Waals surface area contributed by atoms with E-state index in [4.69, 9.17) is 5.73 Å². The van der Waals surface area contributed by atoms with Gasteiger partial charge in [-0.1, -0.05) is 26.2 Å². The summed E-state index contributed by atoms with van der Waals surface area (Å²) in [7, 11) is 0. The standard InChI is InChI=1S/C17H31N3O2/c1-13-8-10-20(15(11-13)12-18)16(21)7-9-19-17(22)14-5-3-2-4-6-14/h13-15H,2-12,18H2,1H3,(H,19,22). The summed E-state index contributed by atoms with van der Waals surface area (Å²) in [4.78, 5) is 26.3. The molecular formula is C17H31N3O2. The number of nitrogens with one attached hydrogen (secondary N) is 1. The molecule has 5 nitrogen and oxygen atoms in total. The Balaban J connectivity index is 1.71. The fourth-order valence-corrected chi connectivity index (χ4v) is 3.75. The first kappa shape index (κ1) is 17.3. The first-order valence-electron chi connectivity index (χ1n) is 8.89. The van der Waals surface area contributed by atoms with Crippen LogP contribution in [0.2, 0.25) is 0 Å². The van der Waals surface area contributed by atoms with Gasteiger partial charge in [-0.2, -0.15) is 0 Å². The van der Waals surface area contributed by atoms with Crippen LogP contribution < -0.4 is 11.1 Å². The summed E-state index contributed by atoms with van der Waals surface area (Å²) in [5.74, 6) is 1.07. The molecule has 0 bridgehead atoms. The van der Waals surface area contributed by atoms with Gasteiger partial charge >= 0.3 is 0 Å². The molecule has 1 aliphatic heterocycles. The Kier molecular flexibility index (Phi) is 6.68. The molecule has 0 radical (unpaired) electrons. The SMILES string of the molecule is CC1CCN(C(=O)CCNC(=O)C2CCCCC2)C(CN)C1. The van der Waals surface area contributed by atoms with Crippen LogP contribution in [0.15, 0.2) is 0 Å². The molecule has 0 aromatic carbocycles. The highest BCUT2D eigenvalue weighted by molar-refractivity contribution is 5.80. The molecule has 1 saturated carbocycles. The van der Waals surface area contributed by atoms with E-state index in [9.17, 15) is 9.59 Å². The van der Waals surface area contributed by atoms with Crippen LogP contribution in [0, 0.1) is 11.8 Å². The van der Waals surface area contributed by atoms with Crippen LogP contribution in [0.3, 0.4) is 0 Å². The Morgan fingerprint density at radius 3 is 2.59 bits per heavy atom. The fraction of sp³-hybridized carbons (Fsp3) is 0.882. The minimum Gasteiger partial charge on any atom is -0.355 e. The highest BCUT2D eigenvalue weighted by Crippen LogP contribution is 2.24. The Morgan fingerprint density at radius 2 is 1.91 bits per heavy atom. The van der Waals surface area contributed by atoms with E-state index in [2.05, 4.69) is 12.2 Å². The lowest BCUT2D eigenvalue weighted by Gasteiger charge is -2.38. The third kappa shape index (κ3) is 4.70. The fourth-order valence-electron chi connectivity index (χ4n) is 3.75. The summed E-state index contributed by atoms with van der Waals surface area (Å²) in [6.07, 6.45) is 7.99. The number of piperidine rings is 1. The predicted octanol–water partition coefficient (Wildman–Crippen LogP) is 1.66. The minimum absolute atomic E-state index is 0.131. The molecule has 2 atom stereocenters. The highest BCUT2D eigenvalue weighted by atomic mass is 16.2. The maximum atomic E-state index is 12.4. The van der Waals surface area contributed by atoms with Crippen molar-refractivity contribution in [3.05, 3.63) is 0 Å². The first-order valence-corrected chi connectivity index (χ1v) is 8.89. The lowest BCUT2D eigenvalue weighted by Crippen LogP contribution is -2.49. The van der Waals surface area contributed by atoms with Crippen LogP contribution in [0.25, 0.3) is 0 Å². The van der Waals surface area contributed by atoms with Crippen LogP contribution >= 0.6 is 0 Å². The number of hydrogen-bond donors (Lipinski definition) is 2. The van der Waals surface area contributed by atoms with Gasteiger partial charge in [0.15, 0.2) is 0 Å². The van der Waals surface area contributed by atoms with E-state index >= 15 is 0 Å². The molecule has 126 valence electrons. The quantitative estimate of drug-likeness (QED) is 0.811. The van der Waals surface area contributed by atoms with E-state index in [1.165, 1.54) is 6.42 Å². The Bertz CT molecular complexity index is 380. The maximum Gasteiger partial charge on any atom is 0.224 e. The average molecular weight is 309 g/mol. The maximum absolute atomic E-state index is 12.4. The molecule has 2 aliphatic rings. The molecule has 3 N–H and O–H groups in total. The number of nitrogens with two attached hydrogens (primary N) is 1. The summed E-state index contributed by atoms with van der Waals surface area (Å²) in [5.41, 5.74) is 5.80. The number of likely N-dealkylation sites (tertiary alicyclic amines) is 1.